The summed E-state index contributed by atoms with van der Waals surface area (Å²) in [6.45, 7) is 3.59. The van der Waals surface area contributed by atoms with E-state index < -0.39 is 10.0 Å². The van der Waals surface area contributed by atoms with E-state index in [9.17, 15) is 8.42 Å². The van der Waals surface area contributed by atoms with Gasteiger partial charge in [-0.05, 0) is 25.0 Å². The van der Waals surface area contributed by atoms with Crippen LogP contribution >= 0.6 is 0 Å². The van der Waals surface area contributed by atoms with Gasteiger partial charge in [-0.1, -0.05) is 6.07 Å². The van der Waals surface area contributed by atoms with Crippen molar-refractivity contribution in [2.24, 2.45) is 0 Å². The molecule has 0 unspecified atom stereocenters. The second-order valence-corrected chi connectivity index (χ2v) is 5.68. The summed E-state index contributed by atoms with van der Waals surface area (Å²) in [5.41, 5.74) is 1.52. The highest BCUT2D eigenvalue weighted by atomic mass is 32.2. The lowest BCUT2D eigenvalue weighted by Crippen LogP contribution is -2.22. The van der Waals surface area contributed by atoms with Gasteiger partial charge in [0.05, 0.1) is 12.0 Å². The van der Waals surface area contributed by atoms with Gasteiger partial charge in [0.15, 0.2) is 0 Å². The maximum atomic E-state index is 12.3. The standard InChI is InChI=1S/C11H14N4O3S/c1-8-4-9(2)11(5-10(8)18-3)19(16,17)14-15-6-12-13-7-15/h4-7,14H,1-3H3. The maximum absolute atomic E-state index is 12.3. The van der Waals surface area contributed by atoms with Crippen LogP contribution in [0.25, 0.3) is 0 Å². The Balaban J connectivity index is 2.45. The van der Waals surface area contributed by atoms with Gasteiger partial charge in [0.1, 0.15) is 18.4 Å². The van der Waals surface area contributed by atoms with E-state index in [4.69, 9.17) is 4.74 Å². The molecule has 102 valence electrons. The zero-order valence-corrected chi connectivity index (χ0v) is 11.6. The fraction of sp³-hybridized carbons (Fsp3) is 0.273. The van der Waals surface area contributed by atoms with Crippen LogP contribution in [-0.2, 0) is 10.0 Å². The first-order valence-corrected chi connectivity index (χ1v) is 6.95. The number of sulfonamides is 1. The summed E-state index contributed by atoms with van der Waals surface area (Å²) in [5.74, 6) is 0.523. The van der Waals surface area contributed by atoms with E-state index >= 15 is 0 Å². The van der Waals surface area contributed by atoms with Crippen LogP contribution in [0.5, 0.6) is 5.75 Å². The quantitative estimate of drug-likeness (QED) is 0.898. The van der Waals surface area contributed by atoms with Crippen LogP contribution in [0.15, 0.2) is 29.7 Å². The molecule has 0 aliphatic rings. The first-order valence-electron chi connectivity index (χ1n) is 5.47. The number of ether oxygens (including phenoxy) is 1. The lowest BCUT2D eigenvalue weighted by atomic mass is 10.1. The molecule has 0 spiro atoms. The van der Waals surface area contributed by atoms with E-state index in [1.54, 1.807) is 13.0 Å². The van der Waals surface area contributed by atoms with Crippen LogP contribution in [0.4, 0.5) is 0 Å². The molecule has 0 bridgehead atoms. The van der Waals surface area contributed by atoms with Crippen LogP contribution < -0.4 is 9.57 Å². The van der Waals surface area contributed by atoms with E-state index in [0.29, 0.717) is 11.3 Å². The minimum Gasteiger partial charge on any atom is -0.496 e. The summed E-state index contributed by atoms with van der Waals surface area (Å²) in [7, 11) is -2.21. The van der Waals surface area contributed by atoms with Crippen LogP contribution in [0, 0.1) is 13.8 Å². The SMILES string of the molecule is COc1cc(S(=O)(=O)Nn2cnnc2)c(C)cc1C. The fourth-order valence-electron chi connectivity index (χ4n) is 1.76. The summed E-state index contributed by atoms with van der Waals surface area (Å²) in [4.78, 5) is 2.49. The van der Waals surface area contributed by atoms with Crippen molar-refractivity contribution < 1.29 is 13.2 Å². The Morgan fingerprint density at radius 2 is 1.79 bits per heavy atom. The number of hydrogen-bond donors (Lipinski definition) is 1. The van der Waals surface area contributed by atoms with Gasteiger partial charge in [-0.15, -0.1) is 10.2 Å². The summed E-state index contributed by atoms with van der Waals surface area (Å²) in [5, 5.41) is 7.06. The highest BCUT2D eigenvalue weighted by molar-refractivity contribution is 7.92. The van der Waals surface area contributed by atoms with Crippen molar-refractivity contribution >= 4 is 10.0 Å². The molecule has 0 saturated carbocycles. The Morgan fingerprint density at radius 1 is 1.16 bits per heavy atom. The Hall–Kier alpha value is -2.09. The molecular weight excluding hydrogens is 268 g/mol. The Bertz CT molecular complexity index is 680. The van der Waals surface area contributed by atoms with Crippen molar-refractivity contribution in [2.45, 2.75) is 18.7 Å². The first-order chi connectivity index (χ1) is 8.94. The van der Waals surface area contributed by atoms with Gasteiger partial charge in [0.25, 0.3) is 10.0 Å². The molecule has 1 heterocycles. The lowest BCUT2D eigenvalue weighted by Gasteiger charge is -2.13. The first kappa shape index (κ1) is 13.3. The molecule has 19 heavy (non-hydrogen) atoms. The van der Waals surface area contributed by atoms with Gasteiger partial charge >= 0.3 is 0 Å². The zero-order chi connectivity index (χ0) is 14.0. The van der Waals surface area contributed by atoms with Gasteiger partial charge in [-0.2, -0.15) is 8.42 Å². The predicted molar refractivity (Wildman–Crippen MR) is 69.0 cm³/mol. The number of benzene rings is 1. The number of aryl methyl sites for hydroxylation is 2. The van der Waals surface area contributed by atoms with E-state index in [1.807, 2.05) is 6.92 Å². The molecule has 1 aromatic heterocycles. The topological polar surface area (TPSA) is 86.1 Å². The minimum atomic E-state index is -3.71. The van der Waals surface area contributed by atoms with Crippen molar-refractivity contribution in [2.75, 3.05) is 11.9 Å². The summed E-state index contributed by atoms with van der Waals surface area (Å²) in [6.07, 6.45) is 2.52. The number of methoxy groups -OCH3 is 1. The number of aromatic nitrogens is 3. The van der Waals surface area contributed by atoms with E-state index in [1.165, 1.54) is 30.5 Å². The summed E-state index contributed by atoms with van der Waals surface area (Å²) < 4.78 is 30.8. The monoisotopic (exact) mass is 282 g/mol. The van der Waals surface area contributed by atoms with Crippen LogP contribution in [0.2, 0.25) is 0 Å². The average molecular weight is 282 g/mol. The molecule has 1 aromatic carbocycles. The molecule has 2 rings (SSSR count). The molecule has 0 radical (unpaired) electrons. The molecule has 0 aliphatic carbocycles. The van der Waals surface area contributed by atoms with Crippen molar-refractivity contribution in [1.29, 1.82) is 0 Å². The van der Waals surface area contributed by atoms with Gasteiger partial charge < -0.3 is 4.74 Å². The molecule has 1 N–H and O–H groups in total. The van der Waals surface area contributed by atoms with Crippen molar-refractivity contribution in [3.63, 3.8) is 0 Å². The van der Waals surface area contributed by atoms with Crippen molar-refractivity contribution in [3.05, 3.63) is 35.9 Å². The lowest BCUT2D eigenvalue weighted by molar-refractivity contribution is 0.410. The smallest absolute Gasteiger partial charge is 0.275 e. The third-order valence-corrected chi connectivity index (χ3v) is 4.10. The average Bonchev–Trinajstić information content (AvgIpc) is 2.80. The normalized spacial score (nSPS) is 11.3. The third-order valence-electron chi connectivity index (χ3n) is 2.63. The highest BCUT2D eigenvalue weighted by Crippen LogP contribution is 2.25. The second-order valence-electron chi connectivity index (χ2n) is 4.05. The van der Waals surface area contributed by atoms with Crippen molar-refractivity contribution in [3.8, 4) is 5.75 Å². The van der Waals surface area contributed by atoms with E-state index in [0.717, 1.165) is 5.56 Å². The molecule has 2 aromatic rings. The molecule has 0 amide bonds. The molecule has 0 saturated heterocycles. The Labute approximate surface area is 111 Å². The molecule has 0 atom stereocenters. The number of hydrogen-bond acceptors (Lipinski definition) is 5. The van der Waals surface area contributed by atoms with Crippen molar-refractivity contribution in [1.82, 2.24) is 14.9 Å². The fourth-order valence-corrected chi connectivity index (χ4v) is 2.97. The Morgan fingerprint density at radius 3 is 2.37 bits per heavy atom. The van der Waals surface area contributed by atoms with E-state index in [-0.39, 0.29) is 4.90 Å². The summed E-state index contributed by atoms with van der Waals surface area (Å²) >= 11 is 0. The van der Waals surface area contributed by atoms with Crippen LogP contribution in [0.3, 0.4) is 0 Å². The van der Waals surface area contributed by atoms with Gasteiger partial charge in [0, 0.05) is 6.07 Å². The van der Waals surface area contributed by atoms with E-state index in [2.05, 4.69) is 15.0 Å². The molecule has 0 aliphatic heterocycles. The van der Waals surface area contributed by atoms with Gasteiger partial charge in [0.2, 0.25) is 0 Å². The Kier molecular flexibility index (Phi) is 3.43. The largest absolute Gasteiger partial charge is 0.496 e. The summed E-state index contributed by atoms with van der Waals surface area (Å²) in [6, 6.07) is 3.26. The van der Waals surface area contributed by atoms with Gasteiger partial charge in [-0.25, -0.2) is 9.51 Å². The number of nitrogens with one attached hydrogen (secondary N) is 1. The molecule has 8 heteroatoms. The highest BCUT2D eigenvalue weighted by Gasteiger charge is 2.19. The predicted octanol–water partition coefficient (Wildman–Crippen LogP) is 0.836. The number of nitrogens with zero attached hydrogens (tertiary/aromatic N) is 3. The maximum Gasteiger partial charge on any atom is 0.275 e. The molecule has 7 nitrogen and oxygen atoms in total. The van der Waals surface area contributed by atoms with Crippen LogP contribution in [0.1, 0.15) is 11.1 Å². The second kappa shape index (κ2) is 4.88. The number of rotatable bonds is 4. The van der Waals surface area contributed by atoms with Gasteiger partial charge in [-0.3, -0.25) is 0 Å². The van der Waals surface area contributed by atoms with Crippen LogP contribution in [-0.4, -0.2) is 30.4 Å². The minimum absolute atomic E-state index is 0.156. The molecule has 0 fully saturated rings. The zero-order valence-electron chi connectivity index (χ0n) is 10.8. The third kappa shape index (κ3) is 2.68. The molecular formula is C11H14N4O3S.